The third-order valence-electron chi connectivity index (χ3n) is 4.83. The zero-order chi connectivity index (χ0) is 15.1. The van der Waals surface area contributed by atoms with Crippen molar-refractivity contribution in [2.45, 2.75) is 40.5 Å². The molecule has 112 valence electrons. The lowest BCUT2D eigenvalue weighted by molar-refractivity contribution is -0.136. The topological polar surface area (TPSA) is 63.4 Å². The van der Waals surface area contributed by atoms with Gasteiger partial charge in [0, 0.05) is 13.1 Å². The number of nitrogens with two attached hydrogens (primary N) is 1. The standard InChI is InChI=1S/C16H26N2O2/c1-10(2)8-12-13(16(12,3)4)15(20)18-7-5-6-11(9-18)14(17)19/h8,11-13H,5-7,9H2,1-4H3,(H2,17,19)/t11-,12-,13-/m1/s1. The van der Waals surface area contributed by atoms with E-state index in [0.29, 0.717) is 12.5 Å². The molecule has 4 heteroatoms. The number of hydrogen-bond donors (Lipinski definition) is 1. The number of amides is 2. The van der Waals surface area contributed by atoms with E-state index in [1.165, 1.54) is 5.57 Å². The number of likely N-dealkylation sites (tertiary alicyclic amines) is 1. The van der Waals surface area contributed by atoms with Crippen LogP contribution in [0.2, 0.25) is 0 Å². The highest BCUT2D eigenvalue weighted by Crippen LogP contribution is 2.60. The van der Waals surface area contributed by atoms with Crippen molar-refractivity contribution in [1.29, 1.82) is 0 Å². The Morgan fingerprint density at radius 2 is 1.95 bits per heavy atom. The van der Waals surface area contributed by atoms with Crippen LogP contribution in [-0.4, -0.2) is 29.8 Å². The molecule has 1 saturated heterocycles. The van der Waals surface area contributed by atoms with Crippen LogP contribution >= 0.6 is 0 Å². The zero-order valence-corrected chi connectivity index (χ0v) is 13.0. The highest BCUT2D eigenvalue weighted by Gasteiger charge is 2.61. The van der Waals surface area contributed by atoms with Crippen LogP contribution < -0.4 is 5.73 Å². The number of rotatable bonds is 3. The molecule has 0 aromatic heterocycles. The number of allylic oxidation sites excluding steroid dienone is 2. The van der Waals surface area contributed by atoms with Gasteiger partial charge >= 0.3 is 0 Å². The molecule has 0 aromatic carbocycles. The molecule has 0 unspecified atom stereocenters. The highest BCUT2D eigenvalue weighted by atomic mass is 16.2. The Bertz CT molecular complexity index is 449. The van der Waals surface area contributed by atoms with E-state index in [9.17, 15) is 9.59 Å². The van der Waals surface area contributed by atoms with Crippen LogP contribution in [0.3, 0.4) is 0 Å². The van der Waals surface area contributed by atoms with E-state index in [-0.39, 0.29) is 29.1 Å². The number of carbonyl (C=O) groups is 2. The summed E-state index contributed by atoms with van der Waals surface area (Å²) in [5.41, 5.74) is 6.67. The number of hydrogen-bond acceptors (Lipinski definition) is 2. The van der Waals surface area contributed by atoms with Crippen molar-refractivity contribution in [3.63, 3.8) is 0 Å². The van der Waals surface area contributed by atoms with Crippen LogP contribution in [0, 0.1) is 23.2 Å². The van der Waals surface area contributed by atoms with Crippen molar-refractivity contribution < 1.29 is 9.59 Å². The lowest BCUT2D eigenvalue weighted by atomic mass is 9.96. The molecule has 2 aliphatic rings. The molecule has 3 atom stereocenters. The molecule has 1 aliphatic carbocycles. The first kappa shape index (κ1) is 15.1. The SMILES string of the molecule is CC(C)=C[C@@H]1[C@H](C(=O)N2CCC[C@@H](C(N)=O)C2)C1(C)C. The van der Waals surface area contributed by atoms with E-state index in [1.807, 2.05) is 4.90 Å². The summed E-state index contributed by atoms with van der Waals surface area (Å²) in [6.45, 7) is 9.70. The van der Waals surface area contributed by atoms with Crippen LogP contribution in [0.5, 0.6) is 0 Å². The lowest BCUT2D eigenvalue weighted by Gasteiger charge is -2.31. The van der Waals surface area contributed by atoms with E-state index in [2.05, 4.69) is 33.8 Å². The summed E-state index contributed by atoms with van der Waals surface area (Å²) in [5.74, 6) is 0.135. The van der Waals surface area contributed by atoms with Crippen molar-refractivity contribution in [3.05, 3.63) is 11.6 Å². The van der Waals surface area contributed by atoms with E-state index in [1.54, 1.807) is 0 Å². The molecule has 20 heavy (non-hydrogen) atoms. The third-order valence-corrected chi connectivity index (χ3v) is 4.83. The Hall–Kier alpha value is -1.32. The molecule has 2 N–H and O–H groups in total. The Kier molecular flexibility index (Phi) is 3.94. The smallest absolute Gasteiger partial charge is 0.226 e. The van der Waals surface area contributed by atoms with Crippen LogP contribution in [0.1, 0.15) is 40.5 Å². The summed E-state index contributed by atoms with van der Waals surface area (Å²) < 4.78 is 0. The minimum atomic E-state index is -0.279. The molecule has 1 heterocycles. The van der Waals surface area contributed by atoms with Gasteiger partial charge < -0.3 is 10.6 Å². The average molecular weight is 278 g/mol. The van der Waals surface area contributed by atoms with Gasteiger partial charge in [-0.2, -0.15) is 0 Å². The molecule has 4 nitrogen and oxygen atoms in total. The summed E-state index contributed by atoms with van der Waals surface area (Å²) in [7, 11) is 0. The first-order chi connectivity index (χ1) is 9.25. The normalized spacial score (nSPS) is 31.6. The fraction of sp³-hybridized carbons (Fsp3) is 0.750. The van der Waals surface area contributed by atoms with Crippen molar-refractivity contribution in [1.82, 2.24) is 4.90 Å². The van der Waals surface area contributed by atoms with Crippen molar-refractivity contribution in [3.8, 4) is 0 Å². The molecule has 0 bridgehead atoms. The molecule has 1 aliphatic heterocycles. The van der Waals surface area contributed by atoms with Gasteiger partial charge in [0.1, 0.15) is 0 Å². The molecular weight excluding hydrogens is 252 g/mol. The second-order valence-electron chi connectivity index (χ2n) is 7.09. The molecule has 2 amide bonds. The Morgan fingerprint density at radius 3 is 2.50 bits per heavy atom. The number of piperidine rings is 1. The van der Waals surface area contributed by atoms with Crippen LogP contribution in [-0.2, 0) is 9.59 Å². The van der Waals surface area contributed by atoms with Gasteiger partial charge in [0.25, 0.3) is 0 Å². The van der Waals surface area contributed by atoms with E-state index >= 15 is 0 Å². The second kappa shape index (κ2) is 5.23. The molecule has 0 aromatic rings. The summed E-state index contributed by atoms with van der Waals surface area (Å²) in [4.78, 5) is 25.9. The average Bonchev–Trinajstić information content (AvgIpc) is 2.89. The van der Waals surface area contributed by atoms with Crippen LogP contribution in [0.15, 0.2) is 11.6 Å². The Morgan fingerprint density at radius 1 is 1.30 bits per heavy atom. The van der Waals surface area contributed by atoms with Crippen molar-refractivity contribution >= 4 is 11.8 Å². The van der Waals surface area contributed by atoms with Gasteiger partial charge in [-0.3, -0.25) is 9.59 Å². The van der Waals surface area contributed by atoms with Crippen molar-refractivity contribution in [2.75, 3.05) is 13.1 Å². The summed E-state index contributed by atoms with van der Waals surface area (Å²) >= 11 is 0. The highest BCUT2D eigenvalue weighted by molar-refractivity contribution is 5.85. The van der Waals surface area contributed by atoms with Gasteiger partial charge in [-0.15, -0.1) is 0 Å². The van der Waals surface area contributed by atoms with E-state index in [0.717, 1.165) is 19.4 Å². The quantitative estimate of drug-likeness (QED) is 0.802. The summed E-state index contributed by atoms with van der Waals surface area (Å²) in [6, 6.07) is 0. The second-order valence-corrected chi connectivity index (χ2v) is 7.09. The summed E-state index contributed by atoms with van der Waals surface area (Å²) in [5, 5.41) is 0. The van der Waals surface area contributed by atoms with Crippen LogP contribution in [0.4, 0.5) is 0 Å². The van der Waals surface area contributed by atoms with Crippen molar-refractivity contribution in [2.24, 2.45) is 28.9 Å². The van der Waals surface area contributed by atoms with Gasteiger partial charge in [0.05, 0.1) is 11.8 Å². The predicted molar refractivity (Wildman–Crippen MR) is 78.7 cm³/mol. The Labute approximate surface area is 121 Å². The largest absolute Gasteiger partial charge is 0.369 e. The van der Waals surface area contributed by atoms with Gasteiger partial charge in [-0.1, -0.05) is 25.5 Å². The van der Waals surface area contributed by atoms with Crippen LogP contribution in [0.25, 0.3) is 0 Å². The maximum absolute atomic E-state index is 12.7. The maximum Gasteiger partial charge on any atom is 0.226 e. The monoisotopic (exact) mass is 278 g/mol. The molecular formula is C16H26N2O2. The molecule has 2 rings (SSSR count). The minimum Gasteiger partial charge on any atom is -0.369 e. The van der Waals surface area contributed by atoms with E-state index < -0.39 is 0 Å². The van der Waals surface area contributed by atoms with E-state index in [4.69, 9.17) is 5.73 Å². The minimum absolute atomic E-state index is 0.0357. The van der Waals surface area contributed by atoms with Gasteiger partial charge in [0.15, 0.2) is 0 Å². The zero-order valence-electron chi connectivity index (χ0n) is 13.0. The van der Waals surface area contributed by atoms with Gasteiger partial charge in [0.2, 0.25) is 11.8 Å². The van der Waals surface area contributed by atoms with Gasteiger partial charge in [-0.05, 0) is 38.0 Å². The number of primary amides is 1. The summed E-state index contributed by atoms with van der Waals surface area (Å²) in [6.07, 6.45) is 3.89. The predicted octanol–water partition coefficient (Wildman–Crippen LogP) is 1.95. The molecule has 1 saturated carbocycles. The maximum atomic E-state index is 12.7. The fourth-order valence-electron chi connectivity index (χ4n) is 3.43. The van der Waals surface area contributed by atoms with Gasteiger partial charge in [-0.25, -0.2) is 0 Å². The molecule has 0 spiro atoms. The molecule has 2 fully saturated rings. The third kappa shape index (κ3) is 2.74. The Balaban J connectivity index is 2.05. The first-order valence-electron chi connectivity index (χ1n) is 7.48. The number of nitrogens with zero attached hydrogens (tertiary/aromatic N) is 1. The molecule has 0 radical (unpaired) electrons. The lowest BCUT2D eigenvalue weighted by Crippen LogP contribution is -2.45. The first-order valence-corrected chi connectivity index (χ1v) is 7.48. The fourth-order valence-corrected chi connectivity index (χ4v) is 3.43. The number of carbonyl (C=O) groups excluding carboxylic acids is 2.